The predicted octanol–water partition coefficient (Wildman–Crippen LogP) is 3.03. The van der Waals surface area contributed by atoms with E-state index < -0.39 is 6.04 Å². The number of carbonyl (C=O) groups is 3. The van der Waals surface area contributed by atoms with Gasteiger partial charge in [-0.1, -0.05) is 0 Å². The van der Waals surface area contributed by atoms with E-state index in [1.807, 2.05) is 12.1 Å². The monoisotopic (exact) mass is 406 g/mol. The number of nitrogens with one attached hydrogen (secondary N) is 1. The van der Waals surface area contributed by atoms with Gasteiger partial charge in [0.1, 0.15) is 6.04 Å². The summed E-state index contributed by atoms with van der Waals surface area (Å²) in [6, 6.07) is 13.6. The molecule has 2 heterocycles. The van der Waals surface area contributed by atoms with Gasteiger partial charge >= 0.3 is 0 Å². The quantitative estimate of drug-likeness (QED) is 0.763. The van der Waals surface area contributed by atoms with E-state index in [1.54, 1.807) is 46.2 Å². The molecule has 0 bridgehead atoms. The van der Waals surface area contributed by atoms with Crippen LogP contribution in [0.15, 0.2) is 48.5 Å². The Bertz CT molecular complexity index is 940. The van der Waals surface area contributed by atoms with Crippen LogP contribution in [0.3, 0.4) is 0 Å². The fourth-order valence-corrected chi connectivity index (χ4v) is 4.10. The number of likely N-dealkylation sites (tertiary alicyclic amines) is 1. The first-order valence-electron chi connectivity index (χ1n) is 10.4. The van der Waals surface area contributed by atoms with Gasteiger partial charge in [0.15, 0.2) is 0 Å². The van der Waals surface area contributed by atoms with E-state index in [-0.39, 0.29) is 17.7 Å². The highest BCUT2D eigenvalue weighted by atomic mass is 16.2. The fraction of sp³-hybridized carbons (Fsp3) is 0.348. The molecule has 3 N–H and O–H groups in total. The first kappa shape index (κ1) is 19.9. The minimum absolute atomic E-state index is 0.124. The average Bonchev–Trinajstić information content (AvgIpc) is 3.25. The van der Waals surface area contributed by atoms with Crippen LogP contribution in [0.25, 0.3) is 0 Å². The molecule has 0 aliphatic carbocycles. The number of benzene rings is 2. The molecule has 2 aliphatic rings. The summed E-state index contributed by atoms with van der Waals surface area (Å²) >= 11 is 0. The Balaban J connectivity index is 1.44. The molecule has 2 aromatic carbocycles. The number of rotatable bonds is 4. The lowest BCUT2D eigenvalue weighted by molar-refractivity contribution is -0.120. The molecule has 3 amide bonds. The van der Waals surface area contributed by atoms with Crippen molar-refractivity contribution >= 4 is 34.8 Å². The van der Waals surface area contributed by atoms with Crippen molar-refractivity contribution in [1.82, 2.24) is 4.90 Å². The maximum absolute atomic E-state index is 13.1. The van der Waals surface area contributed by atoms with Gasteiger partial charge in [0.25, 0.3) is 5.91 Å². The van der Waals surface area contributed by atoms with Crippen LogP contribution in [-0.2, 0) is 9.59 Å². The zero-order valence-electron chi connectivity index (χ0n) is 16.8. The van der Waals surface area contributed by atoms with Crippen molar-refractivity contribution in [3.63, 3.8) is 0 Å². The minimum atomic E-state index is -0.501. The molecule has 4 rings (SSSR count). The largest absolute Gasteiger partial charge is 0.399 e. The summed E-state index contributed by atoms with van der Waals surface area (Å²) in [5, 5.41) is 2.87. The third-order valence-corrected chi connectivity index (χ3v) is 5.74. The summed E-state index contributed by atoms with van der Waals surface area (Å²) in [4.78, 5) is 41.3. The van der Waals surface area contributed by atoms with Gasteiger partial charge in [0.2, 0.25) is 11.8 Å². The Morgan fingerprint density at radius 3 is 2.37 bits per heavy atom. The molecule has 2 aliphatic heterocycles. The number of nitrogens with zero attached hydrogens (tertiary/aromatic N) is 2. The zero-order valence-corrected chi connectivity index (χ0v) is 16.8. The van der Waals surface area contributed by atoms with Crippen molar-refractivity contribution < 1.29 is 14.4 Å². The Morgan fingerprint density at radius 1 is 0.933 bits per heavy atom. The van der Waals surface area contributed by atoms with Gasteiger partial charge in [-0.3, -0.25) is 14.4 Å². The van der Waals surface area contributed by atoms with Crippen LogP contribution in [0.4, 0.5) is 17.1 Å². The number of carbonyl (C=O) groups excluding carboxylic acids is 3. The molecule has 2 saturated heterocycles. The Hall–Kier alpha value is -3.35. The number of anilines is 3. The van der Waals surface area contributed by atoms with Gasteiger partial charge in [-0.05, 0) is 74.2 Å². The van der Waals surface area contributed by atoms with Crippen molar-refractivity contribution in [2.24, 2.45) is 0 Å². The van der Waals surface area contributed by atoms with E-state index in [0.29, 0.717) is 42.9 Å². The second kappa shape index (κ2) is 8.57. The van der Waals surface area contributed by atoms with Gasteiger partial charge in [0, 0.05) is 42.1 Å². The van der Waals surface area contributed by atoms with Crippen molar-refractivity contribution in [2.75, 3.05) is 29.0 Å². The van der Waals surface area contributed by atoms with E-state index in [0.717, 1.165) is 24.9 Å². The van der Waals surface area contributed by atoms with Gasteiger partial charge < -0.3 is 20.9 Å². The summed E-state index contributed by atoms with van der Waals surface area (Å²) in [6.45, 7) is 1.26. The molecule has 156 valence electrons. The number of hydrogen-bond acceptors (Lipinski definition) is 4. The molecule has 2 aromatic rings. The van der Waals surface area contributed by atoms with Crippen LogP contribution in [0.5, 0.6) is 0 Å². The van der Waals surface area contributed by atoms with Gasteiger partial charge in [0.05, 0.1) is 0 Å². The SMILES string of the molecule is Nc1ccc(NC(=O)C2CCCN2C(=O)c2ccc(N3CCCCC3=O)cc2)cc1. The summed E-state index contributed by atoms with van der Waals surface area (Å²) < 4.78 is 0. The van der Waals surface area contributed by atoms with E-state index in [2.05, 4.69) is 5.32 Å². The van der Waals surface area contributed by atoms with Crippen LogP contribution in [-0.4, -0.2) is 41.8 Å². The van der Waals surface area contributed by atoms with Crippen LogP contribution >= 0.6 is 0 Å². The average molecular weight is 406 g/mol. The lowest BCUT2D eigenvalue weighted by Gasteiger charge is -2.27. The van der Waals surface area contributed by atoms with Crippen LogP contribution < -0.4 is 16.0 Å². The molecule has 0 radical (unpaired) electrons. The molecule has 2 fully saturated rings. The smallest absolute Gasteiger partial charge is 0.254 e. The molecule has 7 heteroatoms. The summed E-state index contributed by atoms with van der Waals surface area (Å²) in [7, 11) is 0. The number of hydrogen-bond donors (Lipinski definition) is 2. The first-order valence-corrected chi connectivity index (χ1v) is 10.4. The highest BCUT2D eigenvalue weighted by Crippen LogP contribution is 2.25. The molecular weight excluding hydrogens is 380 g/mol. The topological polar surface area (TPSA) is 95.7 Å². The van der Waals surface area contributed by atoms with Crippen molar-refractivity contribution in [2.45, 2.75) is 38.1 Å². The Kier molecular flexibility index (Phi) is 5.70. The number of piperidine rings is 1. The Labute approximate surface area is 175 Å². The second-order valence-electron chi connectivity index (χ2n) is 7.82. The van der Waals surface area contributed by atoms with Gasteiger partial charge in [-0.2, -0.15) is 0 Å². The molecule has 0 spiro atoms. The van der Waals surface area contributed by atoms with E-state index in [1.165, 1.54) is 0 Å². The highest BCUT2D eigenvalue weighted by Gasteiger charge is 2.34. The lowest BCUT2D eigenvalue weighted by atomic mass is 10.1. The normalized spacial score (nSPS) is 19.1. The first-order chi connectivity index (χ1) is 14.5. The maximum atomic E-state index is 13.1. The summed E-state index contributed by atoms with van der Waals surface area (Å²) in [6.07, 6.45) is 3.91. The third-order valence-electron chi connectivity index (χ3n) is 5.74. The molecule has 0 aromatic heterocycles. The minimum Gasteiger partial charge on any atom is -0.399 e. The summed E-state index contributed by atoms with van der Waals surface area (Å²) in [5.41, 5.74) is 8.30. The summed E-state index contributed by atoms with van der Waals surface area (Å²) in [5.74, 6) is -0.234. The van der Waals surface area contributed by atoms with Crippen LogP contribution in [0.1, 0.15) is 42.5 Å². The number of amides is 3. The van der Waals surface area contributed by atoms with Crippen LogP contribution in [0.2, 0.25) is 0 Å². The van der Waals surface area contributed by atoms with E-state index in [4.69, 9.17) is 5.73 Å². The molecule has 0 saturated carbocycles. The Morgan fingerprint density at radius 2 is 1.67 bits per heavy atom. The number of nitrogen functional groups attached to an aromatic ring is 1. The predicted molar refractivity (Wildman–Crippen MR) is 116 cm³/mol. The fourth-order valence-electron chi connectivity index (χ4n) is 4.10. The standard InChI is InChI=1S/C23H26N4O3/c24-17-8-10-18(11-9-17)25-22(29)20-4-3-15-27(20)23(30)16-6-12-19(13-7-16)26-14-2-1-5-21(26)28/h6-13,20H,1-5,14-15,24H2,(H,25,29). The second-order valence-corrected chi connectivity index (χ2v) is 7.82. The van der Waals surface area contributed by atoms with E-state index in [9.17, 15) is 14.4 Å². The van der Waals surface area contributed by atoms with Gasteiger partial charge in [-0.15, -0.1) is 0 Å². The number of nitrogens with two attached hydrogens (primary N) is 1. The van der Waals surface area contributed by atoms with E-state index >= 15 is 0 Å². The van der Waals surface area contributed by atoms with Crippen molar-refractivity contribution in [3.05, 3.63) is 54.1 Å². The highest BCUT2D eigenvalue weighted by molar-refractivity contribution is 6.02. The van der Waals surface area contributed by atoms with Crippen molar-refractivity contribution in [3.8, 4) is 0 Å². The zero-order chi connectivity index (χ0) is 21.1. The molecular formula is C23H26N4O3. The molecule has 30 heavy (non-hydrogen) atoms. The van der Waals surface area contributed by atoms with Crippen LogP contribution in [0, 0.1) is 0 Å². The lowest BCUT2D eigenvalue weighted by Crippen LogP contribution is -2.43. The van der Waals surface area contributed by atoms with Gasteiger partial charge in [-0.25, -0.2) is 0 Å². The third kappa shape index (κ3) is 4.15. The molecule has 1 atom stereocenters. The molecule has 1 unspecified atom stereocenters. The molecule has 7 nitrogen and oxygen atoms in total. The van der Waals surface area contributed by atoms with Crippen molar-refractivity contribution in [1.29, 1.82) is 0 Å². The maximum Gasteiger partial charge on any atom is 0.254 e.